The lowest BCUT2D eigenvalue weighted by Crippen LogP contribution is -2.05. The summed E-state index contributed by atoms with van der Waals surface area (Å²) >= 11 is 1.45. The minimum absolute atomic E-state index is 0.114. The lowest BCUT2D eigenvalue weighted by atomic mass is 10.2. The van der Waals surface area contributed by atoms with E-state index in [4.69, 9.17) is 10.5 Å². The van der Waals surface area contributed by atoms with E-state index in [1.807, 2.05) is 31.2 Å². The molecule has 0 aliphatic carbocycles. The molecular formula is C12H13N5OS. The van der Waals surface area contributed by atoms with E-state index in [9.17, 15) is 0 Å². The largest absolute Gasteiger partial charge is 0.496 e. The molecule has 0 spiro atoms. The number of hydrogen-bond acceptors (Lipinski definition) is 6. The number of aromatic nitrogens is 4. The van der Waals surface area contributed by atoms with Crippen LogP contribution in [-0.2, 0) is 0 Å². The fraction of sp³-hybridized carbons (Fsp3) is 0.250. The number of methoxy groups -OCH3 is 1. The van der Waals surface area contributed by atoms with Crippen molar-refractivity contribution in [3.05, 3.63) is 29.3 Å². The molecule has 1 unspecified atom stereocenters. The van der Waals surface area contributed by atoms with Crippen molar-refractivity contribution in [3.8, 4) is 17.1 Å². The van der Waals surface area contributed by atoms with E-state index in [1.54, 1.807) is 11.6 Å². The number of benzene rings is 1. The molecule has 0 aliphatic heterocycles. The molecule has 0 amide bonds. The number of ether oxygens (including phenoxy) is 1. The predicted molar refractivity (Wildman–Crippen MR) is 73.2 cm³/mol. The normalized spacial score (nSPS) is 12.8. The summed E-state index contributed by atoms with van der Waals surface area (Å²) in [5.41, 5.74) is 6.70. The average molecular weight is 275 g/mol. The van der Waals surface area contributed by atoms with Crippen molar-refractivity contribution in [1.82, 2.24) is 19.8 Å². The minimum atomic E-state index is -0.114. The molecule has 0 saturated carbocycles. The molecule has 0 aliphatic rings. The van der Waals surface area contributed by atoms with Gasteiger partial charge in [-0.3, -0.25) is 0 Å². The van der Waals surface area contributed by atoms with Crippen molar-refractivity contribution in [2.75, 3.05) is 7.11 Å². The molecule has 2 heterocycles. The Kier molecular flexibility index (Phi) is 2.92. The van der Waals surface area contributed by atoms with Crippen molar-refractivity contribution in [2.45, 2.75) is 13.0 Å². The van der Waals surface area contributed by atoms with Gasteiger partial charge in [0.15, 0.2) is 5.82 Å². The Hall–Kier alpha value is -1.99. The number of rotatable bonds is 3. The van der Waals surface area contributed by atoms with E-state index in [0.717, 1.165) is 21.3 Å². The van der Waals surface area contributed by atoms with Gasteiger partial charge in [0.2, 0.25) is 4.96 Å². The first-order chi connectivity index (χ1) is 9.20. The summed E-state index contributed by atoms with van der Waals surface area (Å²) in [6.07, 6.45) is 0. The van der Waals surface area contributed by atoms with E-state index in [-0.39, 0.29) is 6.04 Å². The second-order valence-corrected chi connectivity index (χ2v) is 5.13. The van der Waals surface area contributed by atoms with Crippen molar-refractivity contribution < 1.29 is 4.74 Å². The molecule has 7 heteroatoms. The van der Waals surface area contributed by atoms with Crippen LogP contribution in [0.5, 0.6) is 5.75 Å². The fourth-order valence-electron chi connectivity index (χ4n) is 1.81. The number of fused-ring (bicyclic) bond motifs is 1. The third kappa shape index (κ3) is 1.96. The number of nitrogens with zero attached hydrogens (tertiary/aromatic N) is 4. The van der Waals surface area contributed by atoms with Gasteiger partial charge in [-0.15, -0.1) is 10.2 Å². The van der Waals surface area contributed by atoms with Crippen LogP contribution in [0.15, 0.2) is 24.3 Å². The summed E-state index contributed by atoms with van der Waals surface area (Å²) in [6, 6.07) is 7.54. The smallest absolute Gasteiger partial charge is 0.235 e. The number of hydrogen-bond donors (Lipinski definition) is 1. The standard InChI is InChI=1S/C12H13N5OS/c1-7(13)11-16-17-10(14-15-12(17)19-11)8-5-3-4-6-9(8)18-2/h3-7H,13H2,1-2H3. The summed E-state index contributed by atoms with van der Waals surface area (Å²) in [7, 11) is 1.63. The second-order valence-electron chi connectivity index (χ2n) is 4.15. The van der Waals surface area contributed by atoms with Gasteiger partial charge in [0.05, 0.1) is 18.7 Å². The quantitative estimate of drug-likeness (QED) is 0.789. The molecule has 3 aromatic rings. The van der Waals surface area contributed by atoms with Gasteiger partial charge in [-0.1, -0.05) is 23.5 Å². The molecule has 19 heavy (non-hydrogen) atoms. The zero-order chi connectivity index (χ0) is 13.4. The van der Waals surface area contributed by atoms with Gasteiger partial charge in [0, 0.05) is 0 Å². The van der Waals surface area contributed by atoms with E-state index < -0.39 is 0 Å². The van der Waals surface area contributed by atoms with Crippen molar-refractivity contribution in [2.24, 2.45) is 5.73 Å². The lowest BCUT2D eigenvalue weighted by Gasteiger charge is -2.04. The molecule has 98 valence electrons. The zero-order valence-electron chi connectivity index (χ0n) is 10.6. The molecule has 6 nitrogen and oxygen atoms in total. The molecule has 0 radical (unpaired) electrons. The lowest BCUT2D eigenvalue weighted by molar-refractivity contribution is 0.416. The topological polar surface area (TPSA) is 78.3 Å². The van der Waals surface area contributed by atoms with Crippen LogP contribution in [0.4, 0.5) is 0 Å². The first kappa shape index (κ1) is 12.1. The van der Waals surface area contributed by atoms with E-state index in [2.05, 4.69) is 15.3 Å². The van der Waals surface area contributed by atoms with E-state index in [0.29, 0.717) is 5.82 Å². The van der Waals surface area contributed by atoms with Gasteiger partial charge in [-0.2, -0.15) is 9.61 Å². The molecule has 2 aromatic heterocycles. The Bertz CT molecular complexity index is 718. The summed E-state index contributed by atoms with van der Waals surface area (Å²) in [5, 5.41) is 13.6. The number of para-hydroxylation sites is 1. The van der Waals surface area contributed by atoms with Crippen LogP contribution in [0.1, 0.15) is 18.0 Å². The third-order valence-electron chi connectivity index (χ3n) is 2.74. The van der Waals surface area contributed by atoms with Crippen molar-refractivity contribution in [1.29, 1.82) is 0 Å². The van der Waals surface area contributed by atoms with Gasteiger partial charge in [0.1, 0.15) is 10.8 Å². The highest BCUT2D eigenvalue weighted by atomic mass is 32.1. The molecule has 2 N–H and O–H groups in total. The Labute approximate surface area is 113 Å². The molecule has 0 fully saturated rings. The van der Waals surface area contributed by atoms with Crippen LogP contribution in [0.2, 0.25) is 0 Å². The molecular weight excluding hydrogens is 262 g/mol. The Morgan fingerprint density at radius 2 is 2.11 bits per heavy atom. The maximum atomic E-state index is 5.84. The maximum absolute atomic E-state index is 5.84. The van der Waals surface area contributed by atoms with Gasteiger partial charge in [-0.05, 0) is 19.1 Å². The van der Waals surface area contributed by atoms with Crippen LogP contribution in [-0.4, -0.2) is 26.9 Å². The molecule has 0 saturated heterocycles. The van der Waals surface area contributed by atoms with Crippen LogP contribution >= 0.6 is 11.3 Å². The van der Waals surface area contributed by atoms with E-state index >= 15 is 0 Å². The molecule has 1 atom stereocenters. The van der Waals surface area contributed by atoms with Gasteiger partial charge in [0.25, 0.3) is 0 Å². The van der Waals surface area contributed by atoms with Gasteiger partial charge in [-0.25, -0.2) is 0 Å². The third-order valence-corrected chi connectivity index (χ3v) is 3.84. The van der Waals surface area contributed by atoms with Crippen LogP contribution < -0.4 is 10.5 Å². The first-order valence-corrected chi connectivity index (χ1v) is 6.63. The maximum Gasteiger partial charge on any atom is 0.235 e. The second kappa shape index (κ2) is 4.60. The summed E-state index contributed by atoms with van der Waals surface area (Å²) in [4.78, 5) is 0.730. The van der Waals surface area contributed by atoms with Crippen LogP contribution in [0.25, 0.3) is 16.3 Å². The van der Waals surface area contributed by atoms with Crippen LogP contribution in [0, 0.1) is 0 Å². The highest BCUT2D eigenvalue weighted by molar-refractivity contribution is 7.16. The van der Waals surface area contributed by atoms with Gasteiger partial charge >= 0.3 is 0 Å². The molecule has 3 rings (SSSR count). The van der Waals surface area contributed by atoms with Crippen molar-refractivity contribution >= 4 is 16.3 Å². The number of nitrogens with two attached hydrogens (primary N) is 1. The van der Waals surface area contributed by atoms with Crippen LogP contribution in [0.3, 0.4) is 0 Å². The summed E-state index contributed by atoms with van der Waals surface area (Å²) in [5.74, 6) is 1.41. The monoisotopic (exact) mass is 275 g/mol. The first-order valence-electron chi connectivity index (χ1n) is 5.82. The fourth-order valence-corrected chi connectivity index (χ4v) is 2.60. The van der Waals surface area contributed by atoms with Crippen molar-refractivity contribution in [3.63, 3.8) is 0 Å². The van der Waals surface area contributed by atoms with Gasteiger partial charge < -0.3 is 10.5 Å². The minimum Gasteiger partial charge on any atom is -0.496 e. The predicted octanol–water partition coefficient (Wildman–Crippen LogP) is 1.88. The highest BCUT2D eigenvalue weighted by Gasteiger charge is 2.17. The zero-order valence-corrected chi connectivity index (χ0v) is 11.4. The Balaban J connectivity index is 2.19. The SMILES string of the molecule is COc1ccccc1-c1nnc2sc(C(C)N)nn12. The average Bonchev–Trinajstić information content (AvgIpc) is 2.98. The highest BCUT2D eigenvalue weighted by Crippen LogP contribution is 2.30. The molecule has 0 bridgehead atoms. The molecule has 1 aromatic carbocycles. The summed E-state index contributed by atoms with van der Waals surface area (Å²) < 4.78 is 7.05. The van der Waals surface area contributed by atoms with E-state index in [1.165, 1.54) is 11.3 Å². The Morgan fingerprint density at radius 3 is 2.84 bits per heavy atom. The Morgan fingerprint density at radius 1 is 1.32 bits per heavy atom. The summed E-state index contributed by atoms with van der Waals surface area (Å²) in [6.45, 7) is 1.90.